The number of allylic oxidation sites excluding steroid dienone is 2. The normalized spacial score (nSPS) is 53.7. The molecule has 2 N–H and O–H groups in total. The zero-order valence-electron chi connectivity index (χ0n) is 19.6. The summed E-state index contributed by atoms with van der Waals surface area (Å²) in [7, 11) is 0. The fraction of sp³-hybridized carbons (Fsp3) is 0.815. The summed E-state index contributed by atoms with van der Waals surface area (Å²) in [5, 5.41) is 14.0. The zero-order chi connectivity index (χ0) is 21.7. The number of carbonyl (C=O) groups excluding carboxylic acids is 1. The second-order valence-corrected chi connectivity index (χ2v) is 12.1. The molecule has 0 unspecified atom stereocenters. The van der Waals surface area contributed by atoms with Crippen LogP contribution in [0.5, 0.6) is 0 Å². The molecule has 6 rings (SSSR count). The van der Waals surface area contributed by atoms with E-state index in [-0.39, 0.29) is 29.1 Å². The smallest absolute Gasteiger partial charge is 0.163 e. The molecule has 2 saturated heterocycles. The summed E-state index contributed by atoms with van der Waals surface area (Å²) in [4.78, 5) is 14.1. The highest BCUT2D eigenvalue weighted by Crippen LogP contribution is 2.63. The number of aliphatic hydroxyl groups excluding tert-OH is 1. The molecule has 0 aromatic heterocycles. The minimum Gasteiger partial charge on any atom is -0.393 e. The van der Waals surface area contributed by atoms with Crippen LogP contribution in [0.2, 0.25) is 0 Å². The van der Waals surface area contributed by atoms with Gasteiger partial charge in [0.1, 0.15) is 0 Å². The van der Waals surface area contributed by atoms with E-state index >= 15 is 0 Å². The van der Waals surface area contributed by atoms with Crippen molar-refractivity contribution in [2.24, 2.45) is 35.0 Å². The monoisotopic (exact) mass is 425 g/mol. The molecule has 10 atom stereocenters. The Labute approximate surface area is 186 Å². The summed E-state index contributed by atoms with van der Waals surface area (Å²) in [6.07, 6.45) is 9.23. The van der Waals surface area contributed by atoms with Gasteiger partial charge in [0.15, 0.2) is 5.78 Å². The van der Waals surface area contributed by atoms with E-state index < -0.39 is 0 Å². The van der Waals surface area contributed by atoms with E-state index in [1.807, 2.05) is 0 Å². The maximum atomic E-state index is 14.1. The summed E-state index contributed by atoms with van der Waals surface area (Å²) >= 11 is 0. The predicted octanol–water partition coefficient (Wildman–Crippen LogP) is 4.18. The maximum absolute atomic E-state index is 14.1. The van der Waals surface area contributed by atoms with Crippen molar-refractivity contribution in [1.82, 2.24) is 5.32 Å². The predicted molar refractivity (Wildman–Crippen MR) is 120 cm³/mol. The van der Waals surface area contributed by atoms with Crippen molar-refractivity contribution in [3.8, 4) is 0 Å². The molecule has 2 saturated carbocycles. The van der Waals surface area contributed by atoms with Crippen molar-refractivity contribution in [1.29, 1.82) is 0 Å². The van der Waals surface area contributed by atoms with Crippen molar-refractivity contribution in [3.63, 3.8) is 0 Å². The first-order valence-electron chi connectivity index (χ1n) is 12.8. The lowest BCUT2D eigenvalue weighted by Crippen LogP contribution is -2.49. The number of nitrogens with one attached hydrogen (secondary N) is 1. The van der Waals surface area contributed by atoms with Gasteiger partial charge in [-0.15, -0.1) is 0 Å². The molecule has 0 aromatic rings. The Morgan fingerprint density at radius 2 is 2.03 bits per heavy atom. The highest BCUT2D eigenvalue weighted by atomic mass is 16.5. The van der Waals surface area contributed by atoms with Gasteiger partial charge in [0.2, 0.25) is 0 Å². The van der Waals surface area contributed by atoms with Crippen LogP contribution < -0.4 is 5.32 Å². The van der Waals surface area contributed by atoms with E-state index in [1.165, 1.54) is 11.1 Å². The number of piperidine rings is 1. The Bertz CT molecular complexity index is 876. The van der Waals surface area contributed by atoms with Gasteiger partial charge in [0, 0.05) is 23.5 Å². The maximum Gasteiger partial charge on any atom is 0.163 e. The Balaban J connectivity index is 1.39. The summed E-state index contributed by atoms with van der Waals surface area (Å²) < 4.78 is 6.93. The molecule has 4 heteroatoms. The number of rotatable bonds is 0. The number of Topliss-reactive ketones (excluding diaryl/α,β-unsaturated/α-hetero) is 1. The fourth-order valence-electron chi connectivity index (χ4n) is 8.93. The van der Waals surface area contributed by atoms with E-state index in [9.17, 15) is 9.90 Å². The third-order valence-electron chi connectivity index (χ3n) is 10.6. The molecule has 4 fully saturated rings. The molecule has 4 nitrogen and oxygen atoms in total. The van der Waals surface area contributed by atoms with Crippen LogP contribution in [0.15, 0.2) is 22.8 Å². The summed E-state index contributed by atoms with van der Waals surface area (Å²) in [5.74, 6) is 2.41. The van der Waals surface area contributed by atoms with Gasteiger partial charge in [-0.05, 0) is 87.2 Å². The summed E-state index contributed by atoms with van der Waals surface area (Å²) in [5.41, 5.74) is 3.43. The first kappa shape index (κ1) is 20.6. The van der Waals surface area contributed by atoms with Gasteiger partial charge in [0.05, 0.1) is 17.8 Å². The molecular weight excluding hydrogens is 386 g/mol. The molecule has 170 valence electrons. The molecule has 1 spiro atoms. The SMILES string of the molecule is CC1=C2C(=O)[C@H]3[C@@H](CC=C4C[C@@H](O)CC[C@@]43C)[C@H]2CC[C@]12O[C@@H]1C[C@H](C)CN[C@H]1[C@H]2C. The van der Waals surface area contributed by atoms with E-state index in [4.69, 9.17) is 4.74 Å². The Morgan fingerprint density at radius 1 is 1.23 bits per heavy atom. The highest BCUT2D eigenvalue weighted by molar-refractivity contribution is 6.02. The largest absolute Gasteiger partial charge is 0.393 e. The summed E-state index contributed by atoms with van der Waals surface area (Å²) in [6.45, 7) is 10.3. The Morgan fingerprint density at radius 3 is 2.84 bits per heavy atom. The van der Waals surface area contributed by atoms with Gasteiger partial charge >= 0.3 is 0 Å². The van der Waals surface area contributed by atoms with Crippen LogP contribution in [-0.2, 0) is 9.53 Å². The number of aliphatic hydroxyl groups is 1. The second-order valence-electron chi connectivity index (χ2n) is 12.1. The minimum atomic E-state index is -0.263. The number of hydrogen-bond donors (Lipinski definition) is 2. The van der Waals surface area contributed by atoms with Gasteiger partial charge in [-0.2, -0.15) is 0 Å². The summed E-state index contributed by atoms with van der Waals surface area (Å²) in [6, 6.07) is 0.410. The molecule has 2 aliphatic heterocycles. The van der Waals surface area contributed by atoms with Crippen LogP contribution in [-0.4, -0.2) is 41.3 Å². The van der Waals surface area contributed by atoms with Crippen molar-refractivity contribution in [3.05, 3.63) is 22.8 Å². The van der Waals surface area contributed by atoms with Crippen LogP contribution >= 0.6 is 0 Å². The van der Waals surface area contributed by atoms with Crippen LogP contribution in [0.25, 0.3) is 0 Å². The molecule has 6 aliphatic rings. The minimum absolute atomic E-state index is 0.0653. The highest BCUT2D eigenvalue weighted by Gasteiger charge is 2.63. The molecule has 4 aliphatic carbocycles. The number of hydrogen-bond acceptors (Lipinski definition) is 4. The van der Waals surface area contributed by atoms with Crippen LogP contribution in [0.1, 0.15) is 72.6 Å². The van der Waals surface area contributed by atoms with Gasteiger partial charge in [-0.25, -0.2) is 0 Å². The third-order valence-corrected chi connectivity index (χ3v) is 10.6. The number of ether oxygens (including phenoxy) is 1. The van der Waals surface area contributed by atoms with Crippen molar-refractivity contribution in [2.45, 2.75) is 96.5 Å². The average Bonchev–Trinajstić information content (AvgIpc) is 3.18. The van der Waals surface area contributed by atoms with Gasteiger partial charge in [0.25, 0.3) is 0 Å². The van der Waals surface area contributed by atoms with Crippen molar-refractivity contribution < 1.29 is 14.6 Å². The van der Waals surface area contributed by atoms with Crippen molar-refractivity contribution in [2.75, 3.05) is 6.54 Å². The molecule has 0 aromatic carbocycles. The van der Waals surface area contributed by atoms with Crippen LogP contribution in [0.3, 0.4) is 0 Å². The lowest BCUT2D eigenvalue weighted by atomic mass is 9.56. The lowest BCUT2D eigenvalue weighted by molar-refractivity contribution is -0.123. The van der Waals surface area contributed by atoms with Gasteiger partial charge in [-0.1, -0.05) is 32.4 Å². The molecule has 0 bridgehead atoms. The van der Waals surface area contributed by atoms with E-state index in [1.54, 1.807) is 0 Å². The van der Waals surface area contributed by atoms with Crippen molar-refractivity contribution >= 4 is 5.78 Å². The van der Waals surface area contributed by atoms with E-state index in [2.05, 4.69) is 39.1 Å². The quantitative estimate of drug-likeness (QED) is 0.572. The second kappa shape index (κ2) is 6.77. The Hall–Kier alpha value is -0.970. The molecule has 0 radical (unpaired) electrons. The average molecular weight is 426 g/mol. The molecule has 2 heterocycles. The first-order valence-corrected chi connectivity index (χ1v) is 12.8. The number of carbonyl (C=O) groups is 1. The van der Waals surface area contributed by atoms with Crippen LogP contribution in [0, 0.1) is 35.0 Å². The lowest BCUT2D eigenvalue weighted by Gasteiger charge is -2.48. The number of fused-ring (bicyclic) bond motifs is 6. The van der Waals surface area contributed by atoms with Gasteiger partial charge < -0.3 is 15.2 Å². The standard InChI is InChI=1S/C27H39NO3/c1-14-11-21-24(28-13-14)16(3)27(31-21)10-8-19-20-6-5-17-12-18(29)7-9-26(17,4)23(20)25(30)22(19)15(27)2/h5,14,16,18-21,23-24,28-29H,6-13H2,1-4H3/t14-,16+,18-,19+,20-,21+,23+,24-,26-,27-/m0/s1. The first-order chi connectivity index (χ1) is 14.8. The topological polar surface area (TPSA) is 58.6 Å². The molecule has 0 amide bonds. The van der Waals surface area contributed by atoms with E-state index in [0.717, 1.165) is 57.1 Å². The van der Waals surface area contributed by atoms with Crippen LogP contribution in [0.4, 0.5) is 0 Å². The van der Waals surface area contributed by atoms with Gasteiger partial charge in [-0.3, -0.25) is 4.79 Å². The Kier molecular flexibility index (Phi) is 4.51. The van der Waals surface area contributed by atoms with E-state index in [0.29, 0.717) is 35.5 Å². The third kappa shape index (κ3) is 2.62. The fourth-order valence-corrected chi connectivity index (χ4v) is 8.93. The number of ketones is 1. The molecular formula is C27H39NO3. The zero-order valence-corrected chi connectivity index (χ0v) is 19.6. The molecule has 31 heavy (non-hydrogen) atoms.